The Bertz CT molecular complexity index is 1150. The molecule has 6 heteroatoms. The molecule has 1 aliphatic carbocycles. The van der Waals surface area contributed by atoms with E-state index in [0.717, 1.165) is 41.4 Å². The quantitative estimate of drug-likeness (QED) is 0.579. The van der Waals surface area contributed by atoms with E-state index >= 15 is 0 Å². The Labute approximate surface area is 176 Å². The molecule has 0 bridgehead atoms. The van der Waals surface area contributed by atoms with Crippen molar-refractivity contribution in [1.82, 2.24) is 9.55 Å². The second-order valence-electron chi connectivity index (χ2n) is 8.49. The molecule has 1 atom stereocenters. The van der Waals surface area contributed by atoms with Crippen LogP contribution in [0.2, 0.25) is 0 Å². The first-order valence-electron chi connectivity index (χ1n) is 10.3. The van der Waals surface area contributed by atoms with E-state index in [9.17, 15) is 9.90 Å². The zero-order valence-electron chi connectivity index (χ0n) is 17.6. The number of amides is 1. The van der Waals surface area contributed by atoms with Gasteiger partial charge in [-0.25, -0.2) is 9.83 Å². The number of anilines is 1. The monoisotopic (exact) mass is 402 g/mol. The number of carbonyl (C=O) groups is 1. The number of hydrogen-bond donors (Lipinski definition) is 2. The molecule has 4 rings (SSSR count). The molecule has 1 saturated carbocycles. The summed E-state index contributed by atoms with van der Waals surface area (Å²) in [6, 6.07) is 11.6. The molecular weight excluding hydrogens is 376 g/mol. The van der Waals surface area contributed by atoms with E-state index in [-0.39, 0.29) is 18.4 Å². The van der Waals surface area contributed by atoms with Crippen LogP contribution in [0.15, 0.2) is 36.4 Å². The van der Waals surface area contributed by atoms with Crippen molar-refractivity contribution < 1.29 is 9.90 Å². The molecule has 1 amide bonds. The number of rotatable bonds is 5. The largest absolute Gasteiger partial charge is 0.385 e. The summed E-state index contributed by atoms with van der Waals surface area (Å²) in [5.74, 6) is 0.194. The van der Waals surface area contributed by atoms with Crippen LogP contribution in [-0.2, 0) is 10.4 Å². The molecule has 0 aliphatic heterocycles. The highest BCUT2D eigenvalue weighted by Crippen LogP contribution is 2.39. The summed E-state index contributed by atoms with van der Waals surface area (Å²) in [7, 11) is 0. The van der Waals surface area contributed by atoms with Gasteiger partial charge in [0.05, 0.1) is 29.6 Å². The van der Waals surface area contributed by atoms with Crippen LogP contribution in [0, 0.1) is 20.4 Å². The summed E-state index contributed by atoms with van der Waals surface area (Å²) < 4.78 is 2.05. The number of aliphatic hydroxyl groups is 1. The van der Waals surface area contributed by atoms with Crippen molar-refractivity contribution in [2.45, 2.75) is 58.1 Å². The van der Waals surface area contributed by atoms with Crippen LogP contribution < -0.4 is 5.32 Å². The van der Waals surface area contributed by atoms with Gasteiger partial charge in [0, 0.05) is 6.04 Å². The maximum atomic E-state index is 12.8. The lowest BCUT2D eigenvalue weighted by molar-refractivity contribution is -0.120. The molecule has 0 radical (unpaired) electrons. The lowest BCUT2D eigenvalue weighted by atomic mass is 9.91. The van der Waals surface area contributed by atoms with Gasteiger partial charge in [-0.2, -0.15) is 0 Å². The van der Waals surface area contributed by atoms with Gasteiger partial charge in [-0.05, 0) is 63.3 Å². The van der Waals surface area contributed by atoms with Gasteiger partial charge in [-0.1, -0.05) is 29.8 Å². The fourth-order valence-corrected chi connectivity index (χ4v) is 3.95. The second-order valence-corrected chi connectivity index (χ2v) is 8.49. The third-order valence-corrected chi connectivity index (χ3v) is 6.00. The summed E-state index contributed by atoms with van der Waals surface area (Å²) in [6.07, 6.45) is 3.12. The first-order chi connectivity index (χ1) is 14.3. The molecule has 3 aromatic rings. The number of nitrogens with zero attached hydrogens (tertiary/aromatic N) is 3. The average Bonchev–Trinajstić information content (AvgIpc) is 2.96. The molecule has 0 unspecified atom stereocenters. The smallest absolute Gasteiger partial charge is 0.229 e. The number of imidazole rings is 1. The van der Waals surface area contributed by atoms with Crippen molar-refractivity contribution in [3.05, 3.63) is 64.5 Å². The van der Waals surface area contributed by atoms with Crippen LogP contribution in [0.5, 0.6) is 0 Å². The Balaban J connectivity index is 1.63. The van der Waals surface area contributed by atoms with Gasteiger partial charge in [0.2, 0.25) is 11.9 Å². The predicted molar refractivity (Wildman–Crippen MR) is 118 cm³/mol. The van der Waals surface area contributed by atoms with Crippen molar-refractivity contribution in [3.8, 4) is 0 Å². The minimum absolute atomic E-state index is 0.0732. The Kier molecular flexibility index (Phi) is 5.08. The Morgan fingerprint density at radius 1 is 1.30 bits per heavy atom. The molecular formula is C24H26N4O2. The molecule has 1 aromatic heterocycles. The summed E-state index contributed by atoms with van der Waals surface area (Å²) in [4.78, 5) is 21.1. The van der Waals surface area contributed by atoms with Gasteiger partial charge in [0.25, 0.3) is 0 Å². The standard InChI is InChI=1S/C24H26N4O2/c1-15-8-10-17(11-9-15)24(3,30)14-22(29)27-23-26-20-12-16(2)19(25-4)13-21(20)28(23)18-6-5-7-18/h8-13,18,30H,5-7,14H2,1-3H3,(H,26,27,29)/t24-/m0/s1. The maximum absolute atomic E-state index is 12.8. The van der Waals surface area contributed by atoms with E-state index in [0.29, 0.717) is 17.2 Å². The first-order valence-corrected chi connectivity index (χ1v) is 10.3. The van der Waals surface area contributed by atoms with Crippen molar-refractivity contribution in [1.29, 1.82) is 0 Å². The van der Waals surface area contributed by atoms with Crippen molar-refractivity contribution >= 4 is 28.6 Å². The number of nitrogens with one attached hydrogen (secondary N) is 1. The Morgan fingerprint density at radius 2 is 2.00 bits per heavy atom. The third-order valence-electron chi connectivity index (χ3n) is 6.00. The fourth-order valence-electron chi connectivity index (χ4n) is 3.95. The highest BCUT2D eigenvalue weighted by Gasteiger charge is 2.29. The number of aryl methyl sites for hydroxylation is 2. The lowest BCUT2D eigenvalue weighted by Gasteiger charge is -2.29. The van der Waals surface area contributed by atoms with E-state index in [1.165, 1.54) is 0 Å². The van der Waals surface area contributed by atoms with Crippen LogP contribution in [0.3, 0.4) is 0 Å². The Morgan fingerprint density at radius 3 is 2.60 bits per heavy atom. The second kappa shape index (κ2) is 7.58. The summed E-state index contributed by atoms with van der Waals surface area (Å²) in [5.41, 5.74) is 3.64. The SMILES string of the molecule is [C-]#[N+]c1cc2c(cc1C)nc(NC(=O)C[C@](C)(O)c1ccc(C)cc1)n2C1CCC1. The van der Waals surface area contributed by atoms with Crippen molar-refractivity contribution in [2.75, 3.05) is 5.32 Å². The third kappa shape index (κ3) is 3.69. The van der Waals surface area contributed by atoms with E-state index in [1.54, 1.807) is 6.92 Å². The van der Waals surface area contributed by atoms with Crippen LogP contribution in [-0.4, -0.2) is 20.6 Å². The molecule has 6 nitrogen and oxygen atoms in total. The molecule has 154 valence electrons. The number of aromatic nitrogens is 2. The van der Waals surface area contributed by atoms with Crippen molar-refractivity contribution in [2.24, 2.45) is 0 Å². The number of hydrogen-bond acceptors (Lipinski definition) is 3. The Hall–Kier alpha value is -3.17. The summed E-state index contributed by atoms with van der Waals surface area (Å²) in [6.45, 7) is 12.9. The number of benzene rings is 2. The molecule has 1 aliphatic rings. The number of fused-ring (bicyclic) bond motifs is 1. The van der Waals surface area contributed by atoms with Gasteiger partial charge < -0.3 is 9.67 Å². The molecule has 1 fully saturated rings. The highest BCUT2D eigenvalue weighted by molar-refractivity contribution is 5.93. The fraction of sp³-hybridized carbons (Fsp3) is 0.375. The minimum Gasteiger partial charge on any atom is -0.385 e. The maximum Gasteiger partial charge on any atom is 0.229 e. The van der Waals surface area contributed by atoms with Crippen LogP contribution in [0.1, 0.15) is 55.3 Å². The van der Waals surface area contributed by atoms with E-state index in [1.807, 2.05) is 54.8 Å². The average molecular weight is 402 g/mol. The molecule has 0 spiro atoms. The zero-order valence-corrected chi connectivity index (χ0v) is 17.6. The van der Waals surface area contributed by atoms with Gasteiger partial charge in [-0.3, -0.25) is 10.1 Å². The number of carbonyl (C=O) groups excluding carboxylic acids is 1. The molecule has 1 heterocycles. The van der Waals surface area contributed by atoms with Crippen LogP contribution in [0.25, 0.3) is 15.9 Å². The highest BCUT2D eigenvalue weighted by atomic mass is 16.3. The predicted octanol–water partition coefficient (Wildman–Crippen LogP) is 5.17. The lowest BCUT2D eigenvalue weighted by Crippen LogP contribution is -2.30. The van der Waals surface area contributed by atoms with E-state index in [2.05, 4.69) is 15.1 Å². The van der Waals surface area contributed by atoms with Crippen molar-refractivity contribution in [3.63, 3.8) is 0 Å². The molecule has 2 N–H and O–H groups in total. The van der Waals surface area contributed by atoms with E-state index in [4.69, 9.17) is 6.57 Å². The molecule has 0 saturated heterocycles. The normalized spacial score (nSPS) is 16.0. The van der Waals surface area contributed by atoms with Gasteiger partial charge in [0.1, 0.15) is 0 Å². The van der Waals surface area contributed by atoms with Crippen LogP contribution >= 0.6 is 0 Å². The van der Waals surface area contributed by atoms with Gasteiger partial charge >= 0.3 is 0 Å². The minimum atomic E-state index is -1.28. The van der Waals surface area contributed by atoms with Crippen LogP contribution in [0.4, 0.5) is 11.6 Å². The first kappa shape index (κ1) is 20.1. The topological polar surface area (TPSA) is 71.5 Å². The molecule has 2 aromatic carbocycles. The van der Waals surface area contributed by atoms with Gasteiger partial charge in [0.15, 0.2) is 5.69 Å². The molecule has 30 heavy (non-hydrogen) atoms. The van der Waals surface area contributed by atoms with Gasteiger partial charge in [-0.15, -0.1) is 0 Å². The zero-order chi connectivity index (χ0) is 21.5. The van der Waals surface area contributed by atoms with E-state index < -0.39 is 5.60 Å². The summed E-state index contributed by atoms with van der Waals surface area (Å²) >= 11 is 0. The summed E-state index contributed by atoms with van der Waals surface area (Å²) in [5, 5.41) is 13.8.